The second-order valence-electron chi connectivity index (χ2n) is 5.93. The van der Waals surface area contributed by atoms with Gasteiger partial charge in [-0.25, -0.2) is 19.7 Å². The van der Waals surface area contributed by atoms with Gasteiger partial charge in [-0.2, -0.15) is 5.10 Å². The van der Waals surface area contributed by atoms with Crippen LogP contribution in [0.15, 0.2) is 30.6 Å². The van der Waals surface area contributed by atoms with Gasteiger partial charge in [-0.05, 0) is 37.5 Å². The number of rotatable bonds is 4. The van der Waals surface area contributed by atoms with Crippen molar-refractivity contribution < 1.29 is 9.53 Å². The van der Waals surface area contributed by atoms with Crippen molar-refractivity contribution >= 4 is 17.7 Å². The summed E-state index contributed by atoms with van der Waals surface area (Å²) in [6, 6.07) is 5.58. The minimum atomic E-state index is -0.395. The van der Waals surface area contributed by atoms with E-state index in [-0.39, 0.29) is 0 Å². The van der Waals surface area contributed by atoms with E-state index in [0.29, 0.717) is 30.5 Å². The van der Waals surface area contributed by atoms with Crippen LogP contribution in [0.3, 0.4) is 0 Å². The molecule has 4 rings (SSSR count). The quantitative estimate of drug-likeness (QED) is 0.721. The summed E-state index contributed by atoms with van der Waals surface area (Å²) in [6.45, 7) is 2.10. The molecule has 8 heteroatoms. The number of anilines is 2. The van der Waals surface area contributed by atoms with Crippen LogP contribution in [0.25, 0.3) is 11.4 Å². The highest BCUT2D eigenvalue weighted by molar-refractivity contribution is 5.91. The molecule has 3 heterocycles. The van der Waals surface area contributed by atoms with Crippen LogP contribution in [0.2, 0.25) is 0 Å². The maximum atomic E-state index is 12.2. The molecule has 0 aromatic carbocycles. The largest absolute Gasteiger partial charge is 0.461 e. The predicted molar refractivity (Wildman–Crippen MR) is 95.1 cm³/mol. The molecule has 0 amide bonds. The highest BCUT2D eigenvalue weighted by atomic mass is 16.5. The molecule has 0 saturated heterocycles. The summed E-state index contributed by atoms with van der Waals surface area (Å²) in [5, 5.41) is 7.47. The molecule has 0 radical (unpaired) electrons. The monoisotopic (exact) mass is 350 g/mol. The molecule has 0 saturated carbocycles. The van der Waals surface area contributed by atoms with E-state index >= 15 is 0 Å². The number of aryl methyl sites for hydroxylation is 2. The number of nitrogens with one attached hydrogen (secondary N) is 1. The first-order chi connectivity index (χ1) is 12.7. The van der Waals surface area contributed by atoms with Crippen molar-refractivity contribution in [1.82, 2.24) is 24.7 Å². The number of ether oxygens (including phenoxy) is 1. The van der Waals surface area contributed by atoms with Crippen LogP contribution in [0.1, 0.15) is 28.5 Å². The molecule has 3 aromatic heterocycles. The Morgan fingerprint density at radius 3 is 2.96 bits per heavy atom. The van der Waals surface area contributed by atoms with Crippen molar-refractivity contribution in [2.45, 2.75) is 19.8 Å². The smallest absolute Gasteiger partial charge is 0.359 e. The van der Waals surface area contributed by atoms with Gasteiger partial charge >= 0.3 is 5.97 Å². The summed E-state index contributed by atoms with van der Waals surface area (Å²) in [5.74, 6) is 0.726. The summed E-state index contributed by atoms with van der Waals surface area (Å²) in [7, 11) is 1.81. The molecule has 0 unspecified atom stereocenters. The van der Waals surface area contributed by atoms with Gasteiger partial charge in [0, 0.05) is 25.0 Å². The van der Waals surface area contributed by atoms with E-state index in [9.17, 15) is 4.79 Å². The van der Waals surface area contributed by atoms with E-state index in [2.05, 4.69) is 25.4 Å². The van der Waals surface area contributed by atoms with Gasteiger partial charge in [0.15, 0.2) is 5.69 Å². The SMILES string of the molecule is CCOC(=O)c1nn(C)c2c1CCc1cnc(Nc3ccccn3)nc1-2. The molecular weight excluding hydrogens is 332 g/mol. The lowest BCUT2D eigenvalue weighted by atomic mass is 9.93. The van der Waals surface area contributed by atoms with Gasteiger partial charge in [0.25, 0.3) is 0 Å². The zero-order valence-electron chi connectivity index (χ0n) is 14.6. The number of carbonyl (C=O) groups excluding carboxylic acids is 1. The van der Waals surface area contributed by atoms with Gasteiger partial charge in [0.2, 0.25) is 5.95 Å². The average molecular weight is 350 g/mol. The first-order valence-corrected chi connectivity index (χ1v) is 8.44. The van der Waals surface area contributed by atoms with Crippen LogP contribution >= 0.6 is 0 Å². The maximum Gasteiger partial charge on any atom is 0.359 e. The Morgan fingerprint density at radius 2 is 2.19 bits per heavy atom. The first kappa shape index (κ1) is 16.2. The number of hydrogen-bond acceptors (Lipinski definition) is 7. The first-order valence-electron chi connectivity index (χ1n) is 8.44. The predicted octanol–water partition coefficient (Wildman–Crippen LogP) is 2.29. The van der Waals surface area contributed by atoms with Crippen molar-refractivity contribution in [2.24, 2.45) is 7.05 Å². The molecule has 1 N–H and O–H groups in total. The van der Waals surface area contributed by atoms with Crippen LogP contribution in [-0.4, -0.2) is 37.3 Å². The van der Waals surface area contributed by atoms with Gasteiger partial charge in [-0.1, -0.05) is 6.07 Å². The third kappa shape index (κ3) is 2.79. The van der Waals surface area contributed by atoms with Crippen molar-refractivity contribution in [3.8, 4) is 11.4 Å². The maximum absolute atomic E-state index is 12.2. The average Bonchev–Trinajstić information content (AvgIpc) is 3.00. The molecule has 0 spiro atoms. The summed E-state index contributed by atoms with van der Waals surface area (Å²) in [6.07, 6.45) is 4.98. The molecule has 132 valence electrons. The molecular formula is C18H18N6O2. The topological polar surface area (TPSA) is 94.8 Å². The van der Waals surface area contributed by atoms with E-state index in [1.807, 2.05) is 31.4 Å². The highest BCUT2D eigenvalue weighted by Gasteiger charge is 2.29. The van der Waals surface area contributed by atoms with Crippen LogP contribution in [0, 0.1) is 0 Å². The van der Waals surface area contributed by atoms with Gasteiger partial charge in [0.05, 0.1) is 18.0 Å². The number of pyridine rings is 1. The summed E-state index contributed by atoms with van der Waals surface area (Å²) >= 11 is 0. The molecule has 1 aliphatic carbocycles. The minimum Gasteiger partial charge on any atom is -0.461 e. The summed E-state index contributed by atoms with van der Waals surface area (Å²) in [4.78, 5) is 25.5. The number of carbonyl (C=O) groups is 1. The molecule has 0 bridgehead atoms. The number of fused-ring (bicyclic) bond motifs is 3. The lowest BCUT2D eigenvalue weighted by Crippen LogP contribution is -2.12. The Kier molecular flexibility index (Phi) is 4.08. The third-order valence-electron chi connectivity index (χ3n) is 4.25. The molecule has 26 heavy (non-hydrogen) atoms. The van der Waals surface area contributed by atoms with E-state index in [1.54, 1.807) is 17.8 Å². The van der Waals surface area contributed by atoms with Crippen LogP contribution in [-0.2, 0) is 24.6 Å². The van der Waals surface area contributed by atoms with Crippen molar-refractivity contribution in [3.63, 3.8) is 0 Å². The van der Waals surface area contributed by atoms with Gasteiger partial charge in [0.1, 0.15) is 5.82 Å². The Hall–Kier alpha value is -3.29. The highest BCUT2D eigenvalue weighted by Crippen LogP contribution is 2.34. The molecule has 0 atom stereocenters. The van der Waals surface area contributed by atoms with Crippen LogP contribution in [0.4, 0.5) is 11.8 Å². The lowest BCUT2D eigenvalue weighted by molar-refractivity contribution is 0.0517. The second kappa shape index (κ2) is 6.55. The van der Waals surface area contributed by atoms with Gasteiger partial charge < -0.3 is 10.1 Å². The Bertz CT molecular complexity index is 967. The standard InChI is InChI=1S/C18H18N6O2/c1-3-26-17(25)15-12-8-7-11-10-20-18(21-13-6-4-5-9-19-13)22-14(11)16(12)24(2)23-15/h4-6,9-10H,3,7-8H2,1-2H3,(H,19,20,21,22). The Morgan fingerprint density at radius 1 is 1.31 bits per heavy atom. The summed E-state index contributed by atoms with van der Waals surface area (Å²) in [5.41, 5.74) is 3.89. The fourth-order valence-electron chi connectivity index (χ4n) is 3.13. The number of aromatic nitrogens is 5. The molecule has 0 aliphatic heterocycles. The fraction of sp³-hybridized carbons (Fsp3) is 0.278. The van der Waals surface area contributed by atoms with Crippen molar-refractivity contribution in [3.05, 3.63) is 47.4 Å². The zero-order chi connectivity index (χ0) is 18.1. The van der Waals surface area contributed by atoms with Gasteiger partial charge in [-0.3, -0.25) is 4.68 Å². The Labute approximate surface area is 150 Å². The molecule has 0 fully saturated rings. The molecule has 8 nitrogen and oxygen atoms in total. The van der Waals surface area contributed by atoms with Crippen LogP contribution in [0.5, 0.6) is 0 Å². The lowest BCUT2D eigenvalue weighted by Gasteiger charge is -2.17. The van der Waals surface area contributed by atoms with E-state index < -0.39 is 5.97 Å². The zero-order valence-corrected chi connectivity index (χ0v) is 14.6. The third-order valence-corrected chi connectivity index (χ3v) is 4.25. The Balaban J connectivity index is 1.74. The normalized spacial score (nSPS) is 12.2. The number of esters is 1. The fourth-order valence-corrected chi connectivity index (χ4v) is 3.13. The van der Waals surface area contributed by atoms with E-state index in [4.69, 9.17) is 4.74 Å². The van der Waals surface area contributed by atoms with Gasteiger partial charge in [-0.15, -0.1) is 0 Å². The van der Waals surface area contributed by atoms with Crippen molar-refractivity contribution in [2.75, 3.05) is 11.9 Å². The van der Waals surface area contributed by atoms with E-state index in [0.717, 1.165) is 28.9 Å². The van der Waals surface area contributed by atoms with E-state index in [1.165, 1.54) is 0 Å². The van der Waals surface area contributed by atoms with Crippen molar-refractivity contribution in [1.29, 1.82) is 0 Å². The second-order valence-corrected chi connectivity index (χ2v) is 5.93. The minimum absolute atomic E-state index is 0.321. The molecule has 3 aromatic rings. The van der Waals surface area contributed by atoms with Crippen LogP contribution < -0.4 is 5.32 Å². The summed E-state index contributed by atoms with van der Waals surface area (Å²) < 4.78 is 6.82. The number of hydrogen-bond donors (Lipinski definition) is 1. The number of nitrogens with zero attached hydrogens (tertiary/aromatic N) is 5. The molecule has 1 aliphatic rings.